The fraction of sp³-hybridized carbons (Fsp3) is 0.217. The monoisotopic (exact) mass is 509 g/mol. The highest BCUT2D eigenvalue weighted by atomic mass is 35.5. The Morgan fingerprint density at radius 2 is 1.73 bits per heavy atom. The number of nitro groups is 1. The first-order chi connectivity index (χ1) is 15.9. The summed E-state index contributed by atoms with van der Waals surface area (Å²) in [6.45, 7) is 2.11. The number of nitrogens with one attached hydrogen (secondary N) is 2. The van der Waals surface area contributed by atoms with Crippen LogP contribution in [-0.2, 0) is 13.2 Å². The van der Waals surface area contributed by atoms with Crippen LogP contribution in [0.25, 0.3) is 0 Å². The summed E-state index contributed by atoms with van der Waals surface area (Å²) in [7, 11) is 1.55. The highest BCUT2D eigenvalue weighted by Gasteiger charge is 2.13. The molecule has 0 saturated carbocycles. The molecule has 0 aromatic heterocycles. The summed E-state index contributed by atoms with van der Waals surface area (Å²) in [4.78, 5) is 10.3. The van der Waals surface area contributed by atoms with Crippen LogP contribution in [0, 0.1) is 10.1 Å². The van der Waals surface area contributed by atoms with Gasteiger partial charge in [-0.05, 0) is 42.0 Å². The van der Waals surface area contributed by atoms with Gasteiger partial charge in [0.15, 0.2) is 11.5 Å². The highest BCUT2D eigenvalue weighted by Crippen LogP contribution is 2.37. The Hall–Kier alpha value is -2.71. The van der Waals surface area contributed by atoms with Crippen molar-refractivity contribution >= 4 is 46.2 Å². The van der Waals surface area contributed by atoms with Gasteiger partial charge in [-0.2, -0.15) is 0 Å². The number of anilines is 1. The van der Waals surface area contributed by atoms with Gasteiger partial charge in [0.2, 0.25) is 0 Å². The van der Waals surface area contributed by atoms with Gasteiger partial charge in [0.1, 0.15) is 6.61 Å². The second kappa shape index (κ2) is 12.0. The van der Waals surface area contributed by atoms with E-state index in [9.17, 15) is 10.1 Å². The van der Waals surface area contributed by atoms with E-state index in [0.717, 1.165) is 16.8 Å². The first kappa shape index (κ1) is 24.9. The summed E-state index contributed by atoms with van der Waals surface area (Å²) < 4.78 is 11.3. The van der Waals surface area contributed by atoms with Crippen LogP contribution in [0.3, 0.4) is 0 Å². The maximum Gasteiger partial charge on any atom is 0.269 e. The number of hydrogen-bond donors (Lipinski definition) is 2. The van der Waals surface area contributed by atoms with Gasteiger partial charge in [0.05, 0.1) is 17.1 Å². The van der Waals surface area contributed by atoms with Crippen molar-refractivity contribution in [2.24, 2.45) is 0 Å². The van der Waals surface area contributed by atoms with Crippen molar-refractivity contribution in [2.45, 2.75) is 13.2 Å². The molecule has 0 aliphatic rings. The van der Waals surface area contributed by atoms with Gasteiger partial charge in [0.25, 0.3) is 5.69 Å². The lowest BCUT2D eigenvalue weighted by molar-refractivity contribution is -0.384. The van der Waals surface area contributed by atoms with Crippen molar-refractivity contribution < 1.29 is 14.4 Å². The zero-order chi connectivity index (χ0) is 23.8. The summed E-state index contributed by atoms with van der Waals surface area (Å²) in [5.41, 5.74) is 2.59. The van der Waals surface area contributed by atoms with Crippen LogP contribution in [0.4, 0.5) is 11.4 Å². The largest absolute Gasteiger partial charge is 0.493 e. The number of halogens is 3. The normalized spacial score (nSPS) is 10.7. The number of nitro benzene ring substituents is 1. The Labute approximate surface area is 206 Å². The van der Waals surface area contributed by atoms with Crippen LogP contribution in [0.15, 0.2) is 54.6 Å². The molecule has 2 N–H and O–H groups in total. The average Bonchev–Trinajstić information content (AvgIpc) is 2.79. The predicted octanol–water partition coefficient (Wildman–Crippen LogP) is 6.34. The number of non-ortho nitro benzene ring substituents is 1. The number of methoxy groups -OCH3 is 1. The van der Waals surface area contributed by atoms with Gasteiger partial charge in [-0.1, -0.05) is 40.9 Å². The summed E-state index contributed by atoms with van der Waals surface area (Å²) in [6, 6.07) is 15.2. The van der Waals surface area contributed by atoms with E-state index in [1.807, 2.05) is 12.1 Å². The molecule has 0 bridgehead atoms. The highest BCUT2D eigenvalue weighted by molar-refractivity contribution is 6.35. The Morgan fingerprint density at radius 3 is 2.39 bits per heavy atom. The van der Waals surface area contributed by atoms with E-state index < -0.39 is 4.92 Å². The Balaban J connectivity index is 1.51. The summed E-state index contributed by atoms with van der Waals surface area (Å²) >= 11 is 18.6. The van der Waals surface area contributed by atoms with Gasteiger partial charge in [0, 0.05) is 53.1 Å². The number of hydrogen-bond acceptors (Lipinski definition) is 6. The molecule has 0 saturated heterocycles. The fourth-order valence-electron chi connectivity index (χ4n) is 3.03. The lowest BCUT2D eigenvalue weighted by atomic mass is 10.2. The van der Waals surface area contributed by atoms with Gasteiger partial charge >= 0.3 is 0 Å². The topological polar surface area (TPSA) is 85.7 Å². The van der Waals surface area contributed by atoms with E-state index in [-0.39, 0.29) is 12.3 Å². The van der Waals surface area contributed by atoms with Crippen molar-refractivity contribution in [1.29, 1.82) is 0 Å². The van der Waals surface area contributed by atoms with Crippen LogP contribution in [0.1, 0.15) is 11.1 Å². The lowest BCUT2D eigenvalue weighted by Crippen LogP contribution is -2.21. The molecule has 0 aliphatic carbocycles. The lowest BCUT2D eigenvalue weighted by Gasteiger charge is -2.15. The van der Waals surface area contributed by atoms with Crippen molar-refractivity contribution in [3.8, 4) is 11.5 Å². The maximum absolute atomic E-state index is 10.7. The summed E-state index contributed by atoms with van der Waals surface area (Å²) in [5.74, 6) is 0.960. The molecule has 0 heterocycles. The molecule has 0 atom stereocenters. The van der Waals surface area contributed by atoms with Crippen molar-refractivity contribution in [1.82, 2.24) is 5.32 Å². The van der Waals surface area contributed by atoms with E-state index >= 15 is 0 Å². The zero-order valence-corrected chi connectivity index (χ0v) is 20.0. The molecule has 0 aliphatic heterocycles. The van der Waals surface area contributed by atoms with Gasteiger partial charge in [-0.25, -0.2) is 0 Å². The van der Waals surface area contributed by atoms with Crippen molar-refractivity contribution in [3.63, 3.8) is 0 Å². The van der Waals surface area contributed by atoms with Gasteiger partial charge < -0.3 is 20.1 Å². The molecule has 0 spiro atoms. The molecule has 0 fully saturated rings. The van der Waals surface area contributed by atoms with Crippen LogP contribution < -0.4 is 20.1 Å². The third-order valence-corrected chi connectivity index (χ3v) is 5.58. The molecule has 3 aromatic rings. The van der Waals surface area contributed by atoms with Gasteiger partial charge in [-0.15, -0.1) is 0 Å². The zero-order valence-electron chi connectivity index (χ0n) is 17.7. The molecule has 0 radical (unpaired) electrons. The minimum atomic E-state index is -0.423. The van der Waals surface area contributed by atoms with Crippen LogP contribution in [-0.4, -0.2) is 25.1 Å². The molecule has 174 valence electrons. The van der Waals surface area contributed by atoms with Crippen LogP contribution in [0.5, 0.6) is 11.5 Å². The standard InChI is InChI=1S/C23H22Cl3N3O4/c1-32-22-11-15(13-27-8-9-28-18-4-6-19(7-5-18)29(30)31)10-21(26)23(22)33-14-16-2-3-17(24)12-20(16)25/h2-7,10-12,27-28H,8-9,13-14H2,1H3. The van der Waals surface area contributed by atoms with Crippen LogP contribution in [0.2, 0.25) is 15.1 Å². The first-order valence-corrected chi connectivity index (χ1v) is 11.1. The number of benzene rings is 3. The molecule has 0 amide bonds. The van der Waals surface area contributed by atoms with Gasteiger partial charge in [-0.3, -0.25) is 10.1 Å². The number of rotatable bonds is 11. The van der Waals surface area contributed by atoms with Crippen LogP contribution >= 0.6 is 34.8 Å². The SMILES string of the molecule is COc1cc(CNCCNc2ccc([N+](=O)[O-])cc2)cc(Cl)c1OCc1ccc(Cl)cc1Cl. The van der Waals surface area contributed by atoms with Crippen molar-refractivity contribution in [2.75, 3.05) is 25.5 Å². The maximum atomic E-state index is 10.7. The van der Waals surface area contributed by atoms with Crippen molar-refractivity contribution in [3.05, 3.63) is 90.9 Å². The molecule has 3 aromatic carbocycles. The second-order valence-corrected chi connectivity index (χ2v) is 8.29. The number of nitrogens with zero attached hydrogens (tertiary/aromatic N) is 1. The Kier molecular flexibility index (Phi) is 9.03. The molecule has 3 rings (SSSR count). The number of ether oxygens (including phenoxy) is 2. The van der Waals surface area contributed by atoms with E-state index in [1.165, 1.54) is 12.1 Å². The summed E-state index contributed by atoms with van der Waals surface area (Å²) in [6.07, 6.45) is 0. The molecular weight excluding hydrogens is 489 g/mol. The molecule has 10 heteroatoms. The third-order valence-electron chi connectivity index (χ3n) is 4.71. The fourth-order valence-corrected chi connectivity index (χ4v) is 3.78. The smallest absolute Gasteiger partial charge is 0.269 e. The first-order valence-electron chi connectivity index (χ1n) is 9.99. The Bertz CT molecular complexity index is 1110. The molecule has 33 heavy (non-hydrogen) atoms. The predicted molar refractivity (Wildman–Crippen MR) is 132 cm³/mol. The molecule has 7 nitrogen and oxygen atoms in total. The van der Waals surface area contributed by atoms with E-state index in [2.05, 4.69) is 10.6 Å². The van der Waals surface area contributed by atoms with E-state index in [4.69, 9.17) is 44.3 Å². The Morgan fingerprint density at radius 1 is 0.970 bits per heavy atom. The molecular formula is C23H22Cl3N3O4. The minimum absolute atomic E-state index is 0.0631. The second-order valence-electron chi connectivity index (χ2n) is 7.04. The third kappa shape index (κ3) is 7.14. The summed E-state index contributed by atoms with van der Waals surface area (Å²) in [5, 5.41) is 18.7. The van der Waals surface area contributed by atoms with E-state index in [1.54, 1.807) is 37.4 Å². The quantitative estimate of drug-likeness (QED) is 0.178. The van der Waals surface area contributed by atoms with E-state index in [0.29, 0.717) is 46.2 Å². The molecule has 0 unspecified atom stereocenters. The minimum Gasteiger partial charge on any atom is -0.493 e. The average molecular weight is 511 g/mol.